The maximum atomic E-state index is 13.1. The van der Waals surface area contributed by atoms with Crippen LogP contribution in [0.2, 0.25) is 0 Å². The van der Waals surface area contributed by atoms with Crippen LogP contribution in [0.15, 0.2) is 46.2 Å². The van der Waals surface area contributed by atoms with Crippen molar-refractivity contribution in [2.45, 2.75) is 184 Å². The lowest BCUT2D eigenvalue weighted by molar-refractivity contribution is -0.144. The minimum absolute atomic E-state index is 0.0269. The molecule has 2 aliphatic rings. The summed E-state index contributed by atoms with van der Waals surface area (Å²) in [7, 11) is 0. The Morgan fingerprint density at radius 2 is 0.970 bits per heavy atom. The Morgan fingerprint density at radius 3 is 1.29 bits per heavy atom. The van der Waals surface area contributed by atoms with E-state index in [9.17, 15) is 39.6 Å². The van der Waals surface area contributed by atoms with Crippen LogP contribution in [0.4, 0.5) is 0 Å². The molecule has 0 bridgehead atoms. The van der Waals surface area contributed by atoms with E-state index in [1.807, 2.05) is 64.5 Å². The molecule has 6 N–H and O–H groups in total. The molecule has 4 heterocycles. The van der Waals surface area contributed by atoms with Crippen LogP contribution in [0.25, 0.3) is 12.2 Å². The average Bonchev–Trinajstić information content (AvgIpc) is 3.87. The molecule has 12 nitrogen and oxygen atoms in total. The first-order valence-corrected chi connectivity index (χ1v) is 25.5. The predicted molar refractivity (Wildman–Crippen MR) is 268 cm³/mol. The minimum Gasteiger partial charge on any atom is -0.392 e. The standard InChI is InChI=1S/2C26H40N2O4S/c2*1-16-11-9-7-8-10-12-21(17(2)13-20-15-33-19(4)27-20)28-23(30)14-22(29)26(5,6)25(32)18(3)24(16)31/h2*8,10,13,15-16,18,21-22,24,29,31H,7,9,11-12,14H2,1-6H3,(H,28,30)/b2*10-8-,17-13+/t16-,18+,21-,22-,24-;16-,18-,21-,22-,24+/m00/s1. The molecule has 0 aromatic carbocycles. The molecule has 2 aliphatic heterocycles. The highest BCUT2D eigenvalue weighted by atomic mass is 32.1. The van der Waals surface area contributed by atoms with Crippen molar-refractivity contribution in [1.29, 1.82) is 0 Å². The van der Waals surface area contributed by atoms with Gasteiger partial charge in [-0.15, -0.1) is 22.7 Å². The van der Waals surface area contributed by atoms with E-state index >= 15 is 0 Å². The van der Waals surface area contributed by atoms with Crippen molar-refractivity contribution in [3.63, 3.8) is 0 Å². The lowest BCUT2D eigenvalue weighted by Gasteiger charge is -2.34. The second kappa shape index (κ2) is 26.2. The summed E-state index contributed by atoms with van der Waals surface area (Å²) in [6.07, 6.45) is 14.6. The van der Waals surface area contributed by atoms with Gasteiger partial charge < -0.3 is 31.1 Å². The monoisotopic (exact) mass is 953 g/mol. The first-order valence-electron chi connectivity index (χ1n) is 23.8. The number of allylic oxidation sites excluding steroid dienone is 2. The molecule has 0 radical (unpaired) electrons. The van der Waals surface area contributed by atoms with Gasteiger partial charge in [-0.25, -0.2) is 9.97 Å². The molecule has 0 saturated heterocycles. The Balaban J connectivity index is 0.000000350. The number of amides is 2. The lowest BCUT2D eigenvalue weighted by Crippen LogP contribution is -2.47. The number of carbonyl (C=O) groups excluding carboxylic acids is 4. The number of hydrogen-bond donors (Lipinski definition) is 6. The molecule has 0 spiro atoms. The molecule has 2 amide bonds. The topological polar surface area (TPSA) is 199 Å². The van der Waals surface area contributed by atoms with Gasteiger partial charge in [-0.2, -0.15) is 0 Å². The van der Waals surface area contributed by atoms with Crippen molar-refractivity contribution in [3.8, 4) is 0 Å². The zero-order valence-electron chi connectivity index (χ0n) is 41.6. The van der Waals surface area contributed by atoms with Gasteiger partial charge in [-0.05, 0) is 114 Å². The minimum atomic E-state index is -1.15. The van der Waals surface area contributed by atoms with Crippen LogP contribution in [-0.4, -0.2) is 90.3 Å². The summed E-state index contributed by atoms with van der Waals surface area (Å²) in [5.41, 5.74) is 1.41. The van der Waals surface area contributed by atoms with Crippen molar-refractivity contribution in [2.24, 2.45) is 34.5 Å². The van der Waals surface area contributed by atoms with E-state index in [1.165, 1.54) is 0 Å². The third-order valence-electron chi connectivity index (χ3n) is 13.6. The largest absolute Gasteiger partial charge is 0.392 e. The van der Waals surface area contributed by atoms with Crippen molar-refractivity contribution in [3.05, 3.63) is 67.6 Å². The van der Waals surface area contributed by atoms with Gasteiger partial charge in [-0.3, -0.25) is 19.2 Å². The number of rotatable bonds is 4. The van der Waals surface area contributed by atoms with Gasteiger partial charge in [0.25, 0.3) is 0 Å². The second-order valence-corrected chi connectivity index (χ2v) is 22.1. The van der Waals surface area contributed by atoms with Gasteiger partial charge in [0.15, 0.2) is 0 Å². The Kier molecular flexibility index (Phi) is 22.5. The van der Waals surface area contributed by atoms with Crippen LogP contribution < -0.4 is 10.6 Å². The third kappa shape index (κ3) is 16.8. The number of carbonyl (C=O) groups is 4. The quantitative estimate of drug-likeness (QED) is 0.161. The van der Waals surface area contributed by atoms with Crippen LogP contribution in [0.3, 0.4) is 0 Å². The first-order chi connectivity index (χ1) is 30.9. The van der Waals surface area contributed by atoms with Gasteiger partial charge in [0.1, 0.15) is 11.6 Å². The summed E-state index contributed by atoms with van der Waals surface area (Å²) in [5.74, 6) is -2.34. The number of aliphatic hydroxyl groups is 4. The van der Waals surface area contributed by atoms with Gasteiger partial charge >= 0.3 is 0 Å². The normalized spacial score (nSPS) is 31.8. The predicted octanol–water partition coefficient (Wildman–Crippen LogP) is 8.90. The summed E-state index contributed by atoms with van der Waals surface area (Å²) in [4.78, 5) is 60.9. The molecule has 368 valence electrons. The number of ketones is 2. The number of aryl methyl sites for hydroxylation is 2. The van der Waals surface area contributed by atoms with E-state index in [-0.39, 0.29) is 60.1 Å². The summed E-state index contributed by atoms with van der Waals surface area (Å²) in [6, 6.07) is -0.455. The van der Waals surface area contributed by atoms with E-state index in [0.29, 0.717) is 12.8 Å². The molecule has 66 heavy (non-hydrogen) atoms. The van der Waals surface area contributed by atoms with E-state index in [2.05, 4.69) is 44.9 Å². The van der Waals surface area contributed by atoms with E-state index in [0.717, 1.165) is 71.1 Å². The van der Waals surface area contributed by atoms with Crippen LogP contribution >= 0.6 is 22.7 Å². The molecule has 0 aliphatic carbocycles. The molecule has 2 aromatic rings. The number of nitrogens with zero attached hydrogens (tertiary/aromatic N) is 2. The zero-order valence-corrected chi connectivity index (χ0v) is 43.2. The maximum absolute atomic E-state index is 13.1. The Morgan fingerprint density at radius 1 is 0.621 bits per heavy atom. The molecule has 0 saturated carbocycles. The molecular weight excluding hydrogens is 873 g/mol. The van der Waals surface area contributed by atoms with Gasteiger partial charge in [0.2, 0.25) is 11.8 Å². The molecule has 0 unspecified atom stereocenters. The van der Waals surface area contributed by atoms with E-state index in [1.54, 1.807) is 64.2 Å². The van der Waals surface area contributed by atoms with Gasteiger partial charge in [0, 0.05) is 22.6 Å². The summed E-state index contributed by atoms with van der Waals surface area (Å²) in [5, 5.41) is 55.1. The number of aliphatic hydroxyl groups excluding tert-OH is 4. The van der Waals surface area contributed by atoms with Crippen LogP contribution in [0, 0.1) is 48.3 Å². The highest BCUT2D eigenvalue weighted by Gasteiger charge is 2.43. The van der Waals surface area contributed by atoms with Crippen LogP contribution in [0.5, 0.6) is 0 Å². The van der Waals surface area contributed by atoms with Gasteiger partial charge in [0.05, 0.1) is 81.6 Å². The fourth-order valence-electron chi connectivity index (χ4n) is 8.60. The van der Waals surface area contributed by atoms with Crippen molar-refractivity contribution in [2.75, 3.05) is 0 Å². The zero-order chi connectivity index (χ0) is 49.5. The van der Waals surface area contributed by atoms with E-state index < -0.39 is 47.1 Å². The maximum Gasteiger partial charge on any atom is 0.223 e. The fourth-order valence-corrected chi connectivity index (χ4v) is 9.74. The Labute approximate surface area is 402 Å². The number of Topliss-reactive ketones (excluding diaryl/α,β-unsaturated/α-hetero) is 2. The highest BCUT2D eigenvalue weighted by Crippen LogP contribution is 2.33. The van der Waals surface area contributed by atoms with Crippen molar-refractivity contribution < 1.29 is 39.6 Å². The van der Waals surface area contributed by atoms with Gasteiger partial charge in [-0.1, -0.05) is 79.7 Å². The van der Waals surface area contributed by atoms with Crippen LogP contribution in [-0.2, 0) is 19.2 Å². The Bertz CT molecular complexity index is 1890. The molecule has 14 heteroatoms. The fraction of sp³-hybridized carbons (Fsp3) is 0.654. The molecular formula is C52H80N4O8S2. The summed E-state index contributed by atoms with van der Waals surface area (Å²) < 4.78 is 0. The van der Waals surface area contributed by atoms with Crippen LogP contribution in [0.1, 0.15) is 155 Å². The van der Waals surface area contributed by atoms with Crippen molar-refractivity contribution in [1.82, 2.24) is 20.6 Å². The molecule has 0 fully saturated rings. The number of thiazole rings is 2. The number of nitrogens with one attached hydrogen (secondary N) is 2. The first kappa shape index (κ1) is 56.7. The van der Waals surface area contributed by atoms with Crippen molar-refractivity contribution >= 4 is 58.2 Å². The third-order valence-corrected chi connectivity index (χ3v) is 15.2. The lowest BCUT2D eigenvalue weighted by atomic mass is 9.73. The Hall–Kier alpha value is -3.66. The highest BCUT2D eigenvalue weighted by molar-refractivity contribution is 7.09. The summed E-state index contributed by atoms with van der Waals surface area (Å²) in [6.45, 7) is 21.8. The molecule has 4 rings (SSSR count). The second-order valence-electron chi connectivity index (χ2n) is 20.0. The number of aromatic nitrogens is 2. The SMILES string of the molecule is C/C(=C\c1csc(C)n1)[C@@H]1C/C=C\CCC[C@H](C)[C@@H](O)[C@H](C)C(=O)C(C)(C)[C@@H](O)CC(=O)N1.C/C(=C\c1csc(C)n1)[C@@H]1C/C=C\CCC[C@H](C)[C@H](O)[C@@H](C)C(=O)C(C)(C)[C@@H](O)CC(=O)N1. The average molecular weight is 953 g/mol. The number of hydrogen-bond acceptors (Lipinski definition) is 12. The smallest absolute Gasteiger partial charge is 0.223 e. The van der Waals surface area contributed by atoms with E-state index in [4.69, 9.17) is 0 Å². The molecule has 10 atom stereocenters. The summed E-state index contributed by atoms with van der Waals surface area (Å²) >= 11 is 3.16. The molecule has 2 aromatic heterocycles.